The summed E-state index contributed by atoms with van der Waals surface area (Å²) < 4.78 is 0. The Morgan fingerprint density at radius 1 is 1.00 bits per heavy atom. The summed E-state index contributed by atoms with van der Waals surface area (Å²) in [6.45, 7) is 6.83. The second kappa shape index (κ2) is 3.02. The lowest BCUT2D eigenvalue weighted by atomic mass is 10.2. The second-order valence-corrected chi connectivity index (χ2v) is 6.04. The van der Waals surface area contributed by atoms with E-state index in [1.165, 1.54) is 5.56 Å². The van der Waals surface area contributed by atoms with Crippen molar-refractivity contribution in [3.63, 3.8) is 0 Å². The van der Waals surface area contributed by atoms with E-state index in [0.29, 0.717) is 0 Å². The maximum atomic E-state index is 2.35. The molecule has 0 spiro atoms. The molecule has 0 aliphatic carbocycles. The van der Waals surface area contributed by atoms with Crippen LogP contribution in [0, 0.1) is 6.92 Å². The van der Waals surface area contributed by atoms with E-state index in [9.17, 15) is 0 Å². The lowest BCUT2D eigenvalue weighted by Crippen LogP contribution is -2.21. The molecular formula is C9H14Si. The van der Waals surface area contributed by atoms with Gasteiger partial charge in [0, 0.05) is 0 Å². The molecule has 1 aromatic carbocycles. The number of aryl methyl sites for hydroxylation is 1. The SMILES string of the molecule is Cc1ccc([SiH](C)C)cc1. The molecule has 0 bridgehead atoms. The molecule has 0 atom stereocenters. The maximum absolute atomic E-state index is 2.35. The van der Waals surface area contributed by atoms with E-state index < -0.39 is 8.80 Å². The van der Waals surface area contributed by atoms with Crippen LogP contribution < -0.4 is 5.19 Å². The number of hydrogen-bond donors (Lipinski definition) is 0. The van der Waals surface area contributed by atoms with E-state index in [-0.39, 0.29) is 0 Å². The summed E-state index contributed by atoms with van der Waals surface area (Å²) in [6.07, 6.45) is 0. The first-order valence-corrected chi connectivity index (χ1v) is 6.65. The third-order valence-electron chi connectivity index (χ3n) is 1.74. The normalized spacial score (nSPS) is 10.4. The van der Waals surface area contributed by atoms with E-state index in [4.69, 9.17) is 0 Å². The second-order valence-electron chi connectivity index (χ2n) is 3.07. The molecule has 0 fully saturated rings. The summed E-state index contributed by atoms with van der Waals surface area (Å²) in [5.74, 6) is 0. The summed E-state index contributed by atoms with van der Waals surface area (Å²) in [4.78, 5) is 0. The monoisotopic (exact) mass is 150 g/mol. The van der Waals surface area contributed by atoms with E-state index in [1.807, 2.05) is 0 Å². The van der Waals surface area contributed by atoms with E-state index >= 15 is 0 Å². The van der Waals surface area contributed by atoms with Crippen molar-refractivity contribution < 1.29 is 0 Å². The Kier molecular flexibility index (Phi) is 2.28. The highest BCUT2D eigenvalue weighted by Crippen LogP contribution is 1.94. The van der Waals surface area contributed by atoms with Gasteiger partial charge in [0.2, 0.25) is 0 Å². The van der Waals surface area contributed by atoms with Gasteiger partial charge >= 0.3 is 0 Å². The van der Waals surface area contributed by atoms with E-state index in [1.54, 1.807) is 5.19 Å². The van der Waals surface area contributed by atoms with Crippen molar-refractivity contribution in [3.8, 4) is 0 Å². The lowest BCUT2D eigenvalue weighted by Gasteiger charge is -2.02. The fraction of sp³-hybridized carbons (Fsp3) is 0.333. The molecule has 1 aromatic rings. The average Bonchev–Trinajstić information content (AvgIpc) is 1.88. The van der Waals surface area contributed by atoms with Crippen LogP contribution in [0.15, 0.2) is 24.3 Å². The van der Waals surface area contributed by atoms with Crippen LogP contribution in [0.25, 0.3) is 0 Å². The van der Waals surface area contributed by atoms with Gasteiger partial charge in [-0.15, -0.1) is 0 Å². The summed E-state index contributed by atoms with van der Waals surface area (Å²) in [5.41, 5.74) is 1.36. The Bertz CT molecular complexity index is 198. The molecule has 0 saturated carbocycles. The highest BCUT2D eigenvalue weighted by Gasteiger charge is 1.97. The number of hydrogen-bond acceptors (Lipinski definition) is 0. The molecule has 1 rings (SSSR count). The van der Waals surface area contributed by atoms with Crippen LogP contribution in [-0.2, 0) is 0 Å². The Balaban J connectivity index is 2.89. The minimum absolute atomic E-state index is 0.549. The molecule has 0 amide bonds. The van der Waals surface area contributed by atoms with E-state index in [0.717, 1.165) is 0 Å². The van der Waals surface area contributed by atoms with Crippen molar-refractivity contribution in [3.05, 3.63) is 29.8 Å². The van der Waals surface area contributed by atoms with Gasteiger partial charge in [-0.2, -0.15) is 0 Å². The minimum Gasteiger partial charge on any atom is -0.0682 e. The van der Waals surface area contributed by atoms with Gasteiger partial charge in [-0.25, -0.2) is 0 Å². The standard InChI is InChI=1S/C9H14Si/c1-8-4-6-9(7-5-8)10(2)3/h4-7,10H,1-3H3. The van der Waals surface area contributed by atoms with Gasteiger partial charge < -0.3 is 0 Å². The molecule has 0 N–H and O–H groups in total. The topological polar surface area (TPSA) is 0 Å². The van der Waals surface area contributed by atoms with Crippen molar-refractivity contribution >= 4 is 14.0 Å². The van der Waals surface area contributed by atoms with Crippen molar-refractivity contribution in [2.75, 3.05) is 0 Å². The van der Waals surface area contributed by atoms with E-state index in [2.05, 4.69) is 44.3 Å². The predicted molar refractivity (Wildman–Crippen MR) is 49.7 cm³/mol. The molecule has 0 unspecified atom stereocenters. The first kappa shape index (κ1) is 7.54. The summed E-state index contributed by atoms with van der Waals surface area (Å²) >= 11 is 0. The number of benzene rings is 1. The third kappa shape index (κ3) is 1.71. The Hall–Kier alpha value is -0.563. The Morgan fingerprint density at radius 3 is 1.90 bits per heavy atom. The zero-order valence-corrected chi connectivity index (χ0v) is 8.04. The Morgan fingerprint density at radius 2 is 1.50 bits per heavy atom. The molecule has 0 radical (unpaired) electrons. The van der Waals surface area contributed by atoms with Gasteiger partial charge in [-0.1, -0.05) is 48.1 Å². The average molecular weight is 150 g/mol. The van der Waals surface area contributed by atoms with Gasteiger partial charge in [0.25, 0.3) is 0 Å². The summed E-state index contributed by atoms with van der Waals surface area (Å²) in [5, 5.41) is 1.56. The molecule has 0 saturated heterocycles. The zero-order valence-electron chi connectivity index (χ0n) is 6.89. The van der Waals surface area contributed by atoms with Crippen molar-refractivity contribution in [2.45, 2.75) is 20.0 Å². The van der Waals surface area contributed by atoms with Crippen LogP contribution in [0.1, 0.15) is 5.56 Å². The molecule has 0 aliphatic heterocycles. The van der Waals surface area contributed by atoms with Crippen molar-refractivity contribution in [1.82, 2.24) is 0 Å². The molecule has 0 aromatic heterocycles. The summed E-state index contributed by atoms with van der Waals surface area (Å²) in [7, 11) is -0.549. The van der Waals surface area contributed by atoms with Gasteiger partial charge in [0.05, 0.1) is 8.80 Å². The van der Waals surface area contributed by atoms with Crippen LogP contribution in [0.3, 0.4) is 0 Å². The first-order chi connectivity index (χ1) is 4.70. The quantitative estimate of drug-likeness (QED) is 0.534. The molecule has 1 heteroatoms. The number of rotatable bonds is 1. The van der Waals surface area contributed by atoms with Crippen LogP contribution in [0.5, 0.6) is 0 Å². The minimum atomic E-state index is -0.549. The van der Waals surface area contributed by atoms with Crippen LogP contribution in [0.4, 0.5) is 0 Å². The van der Waals surface area contributed by atoms with Crippen molar-refractivity contribution in [1.29, 1.82) is 0 Å². The molecule has 0 heterocycles. The van der Waals surface area contributed by atoms with Crippen LogP contribution in [0.2, 0.25) is 13.1 Å². The third-order valence-corrected chi connectivity index (χ3v) is 3.46. The van der Waals surface area contributed by atoms with Gasteiger partial charge in [-0.05, 0) is 6.92 Å². The van der Waals surface area contributed by atoms with Gasteiger partial charge in [0.1, 0.15) is 0 Å². The van der Waals surface area contributed by atoms with Gasteiger partial charge in [-0.3, -0.25) is 0 Å². The Labute approximate surface area is 64.5 Å². The molecule has 54 valence electrons. The lowest BCUT2D eigenvalue weighted by molar-refractivity contribution is 1.49. The highest BCUT2D eigenvalue weighted by molar-refractivity contribution is 6.70. The van der Waals surface area contributed by atoms with Crippen LogP contribution >= 0.6 is 0 Å². The molecule has 0 nitrogen and oxygen atoms in total. The van der Waals surface area contributed by atoms with Crippen molar-refractivity contribution in [2.24, 2.45) is 0 Å². The largest absolute Gasteiger partial charge is 0.0682 e. The first-order valence-electron chi connectivity index (χ1n) is 3.76. The smallest absolute Gasteiger partial charge is 0.0647 e. The fourth-order valence-corrected chi connectivity index (χ4v) is 1.91. The fourth-order valence-electron chi connectivity index (χ4n) is 0.951. The highest BCUT2D eigenvalue weighted by atomic mass is 28.3. The van der Waals surface area contributed by atoms with Crippen LogP contribution in [-0.4, -0.2) is 8.80 Å². The summed E-state index contributed by atoms with van der Waals surface area (Å²) in [6, 6.07) is 8.91. The molecule has 10 heavy (non-hydrogen) atoms. The molecule has 0 aliphatic rings. The zero-order chi connectivity index (χ0) is 7.56. The molecular weight excluding hydrogens is 136 g/mol. The predicted octanol–water partition coefficient (Wildman–Crippen LogP) is 1.69. The van der Waals surface area contributed by atoms with Gasteiger partial charge in [0.15, 0.2) is 0 Å². The maximum Gasteiger partial charge on any atom is 0.0647 e.